The summed E-state index contributed by atoms with van der Waals surface area (Å²) in [6, 6.07) is 12.2. The number of hydrogen-bond acceptors (Lipinski definition) is 4. The second-order valence-corrected chi connectivity index (χ2v) is 5.44. The van der Waals surface area contributed by atoms with E-state index in [-0.39, 0.29) is 17.3 Å². The molecule has 25 heavy (non-hydrogen) atoms. The molecule has 0 aliphatic carbocycles. The molecule has 3 N–H and O–H groups in total. The number of carbonyl (C=O) groups excluding carboxylic acids is 2. The van der Waals surface area contributed by atoms with Gasteiger partial charge in [0.15, 0.2) is 11.5 Å². The number of anilines is 1. The fourth-order valence-corrected chi connectivity index (χ4v) is 2.18. The van der Waals surface area contributed by atoms with Crippen molar-refractivity contribution in [3.63, 3.8) is 0 Å². The Hall–Kier alpha value is -3.48. The lowest BCUT2D eigenvalue weighted by molar-refractivity contribution is 0.0997. The maximum absolute atomic E-state index is 13.6. The van der Waals surface area contributed by atoms with E-state index in [9.17, 15) is 14.0 Å². The Morgan fingerprint density at radius 2 is 1.84 bits per heavy atom. The molecule has 2 aromatic carbocycles. The average molecular weight is 339 g/mol. The van der Waals surface area contributed by atoms with Gasteiger partial charge in [0.25, 0.3) is 5.91 Å². The molecular weight excluding hydrogens is 325 g/mol. The third-order valence-electron chi connectivity index (χ3n) is 3.63. The van der Waals surface area contributed by atoms with Gasteiger partial charge in [0.2, 0.25) is 5.91 Å². The summed E-state index contributed by atoms with van der Waals surface area (Å²) in [6.07, 6.45) is 0. The summed E-state index contributed by atoms with van der Waals surface area (Å²) < 4.78 is 18.7. The summed E-state index contributed by atoms with van der Waals surface area (Å²) in [4.78, 5) is 23.2. The molecule has 0 spiro atoms. The molecule has 0 radical (unpaired) electrons. The topological polar surface area (TPSA) is 98.2 Å². The molecule has 0 atom stereocenters. The van der Waals surface area contributed by atoms with Gasteiger partial charge in [-0.1, -0.05) is 17.3 Å². The molecule has 0 saturated heterocycles. The van der Waals surface area contributed by atoms with Crippen molar-refractivity contribution in [2.24, 2.45) is 5.73 Å². The highest BCUT2D eigenvalue weighted by Crippen LogP contribution is 2.23. The lowest BCUT2D eigenvalue weighted by Gasteiger charge is -2.03. The first-order valence-electron chi connectivity index (χ1n) is 7.38. The SMILES string of the molecule is Cc1ccc(-c2cc(C(=O)Nc3ccc(C(N)=O)cc3)no2)cc1F. The molecule has 3 aromatic rings. The molecule has 0 bridgehead atoms. The predicted molar refractivity (Wildman–Crippen MR) is 89.5 cm³/mol. The lowest BCUT2D eigenvalue weighted by atomic mass is 10.1. The summed E-state index contributed by atoms with van der Waals surface area (Å²) >= 11 is 0. The quantitative estimate of drug-likeness (QED) is 0.763. The number of aryl methyl sites for hydroxylation is 1. The fraction of sp³-hybridized carbons (Fsp3) is 0.0556. The largest absolute Gasteiger partial charge is 0.366 e. The Kier molecular flexibility index (Phi) is 4.30. The van der Waals surface area contributed by atoms with Crippen molar-refractivity contribution < 1.29 is 18.5 Å². The van der Waals surface area contributed by atoms with Crippen LogP contribution in [-0.2, 0) is 0 Å². The van der Waals surface area contributed by atoms with Crippen LogP contribution in [0.4, 0.5) is 10.1 Å². The molecule has 0 aliphatic rings. The van der Waals surface area contributed by atoms with Crippen LogP contribution in [0.2, 0.25) is 0 Å². The highest BCUT2D eigenvalue weighted by atomic mass is 19.1. The van der Waals surface area contributed by atoms with Gasteiger partial charge in [0.05, 0.1) is 0 Å². The first kappa shape index (κ1) is 16.4. The molecule has 6 nitrogen and oxygen atoms in total. The molecule has 126 valence electrons. The van der Waals surface area contributed by atoms with E-state index in [0.717, 1.165) is 0 Å². The van der Waals surface area contributed by atoms with Gasteiger partial charge in [-0.3, -0.25) is 9.59 Å². The zero-order valence-electron chi connectivity index (χ0n) is 13.2. The van der Waals surface area contributed by atoms with Gasteiger partial charge in [0.1, 0.15) is 5.82 Å². The van der Waals surface area contributed by atoms with Crippen molar-refractivity contribution in [2.45, 2.75) is 6.92 Å². The summed E-state index contributed by atoms with van der Waals surface area (Å²) in [5.74, 6) is -1.12. The number of carbonyl (C=O) groups is 2. The van der Waals surface area contributed by atoms with Gasteiger partial charge >= 0.3 is 0 Å². The molecule has 1 aromatic heterocycles. The Balaban J connectivity index is 1.76. The number of halogens is 1. The van der Waals surface area contributed by atoms with Crippen LogP contribution in [0.15, 0.2) is 53.1 Å². The van der Waals surface area contributed by atoms with Gasteiger partial charge in [-0.15, -0.1) is 0 Å². The van der Waals surface area contributed by atoms with Crippen LogP contribution >= 0.6 is 0 Å². The molecule has 0 unspecified atom stereocenters. The summed E-state index contributed by atoms with van der Waals surface area (Å²) in [6.45, 7) is 1.65. The molecule has 2 amide bonds. The van der Waals surface area contributed by atoms with E-state index >= 15 is 0 Å². The first-order valence-corrected chi connectivity index (χ1v) is 7.38. The van der Waals surface area contributed by atoms with Crippen molar-refractivity contribution >= 4 is 17.5 Å². The number of benzene rings is 2. The van der Waals surface area contributed by atoms with Gasteiger partial charge < -0.3 is 15.6 Å². The summed E-state index contributed by atoms with van der Waals surface area (Å²) in [7, 11) is 0. The van der Waals surface area contributed by atoms with Crippen LogP contribution in [0.5, 0.6) is 0 Å². The van der Waals surface area contributed by atoms with Crippen LogP contribution in [-0.4, -0.2) is 17.0 Å². The number of aromatic nitrogens is 1. The van der Waals surface area contributed by atoms with Crippen LogP contribution in [0.1, 0.15) is 26.4 Å². The normalized spacial score (nSPS) is 10.5. The highest BCUT2D eigenvalue weighted by Gasteiger charge is 2.15. The molecule has 0 aliphatic heterocycles. The predicted octanol–water partition coefficient (Wildman–Crippen LogP) is 3.14. The number of amides is 2. The van der Waals surface area contributed by atoms with E-state index in [1.165, 1.54) is 24.3 Å². The van der Waals surface area contributed by atoms with Crippen LogP contribution in [0, 0.1) is 12.7 Å². The van der Waals surface area contributed by atoms with Crippen LogP contribution < -0.4 is 11.1 Å². The minimum Gasteiger partial charge on any atom is -0.366 e. The van der Waals surface area contributed by atoms with Gasteiger partial charge in [-0.2, -0.15) is 0 Å². The number of rotatable bonds is 4. The Morgan fingerprint density at radius 3 is 2.48 bits per heavy atom. The standard InChI is InChI=1S/C18H14FN3O3/c1-10-2-3-12(8-14(10)19)16-9-15(22-25-16)18(24)21-13-6-4-11(5-7-13)17(20)23/h2-9H,1H3,(H2,20,23)(H,21,24). The molecule has 0 saturated carbocycles. The zero-order chi connectivity index (χ0) is 18.0. The van der Waals surface area contributed by atoms with Crippen molar-refractivity contribution in [1.29, 1.82) is 0 Å². The lowest BCUT2D eigenvalue weighted by Crippen LogP contribution is -2.13. The van der Waals surface area contributed by atoms with E-state index in [1.807, 2.05) is 0 Å². The van der Waals surface area contributed by atoms with Gasteiger partial charge in [-0.05, 0) is 42.8 Å². The zero-order valence-corrected chi connectivity index (χ0v) is 13.2. The summed E-state index contributed by atoms with van der Waals surface area (Å²) in [5, 5.41) is 6.32. The highest BCUT2D eigenvalue weighted by molar-refractivity contribution is 6.03. The number of nitrogens with zero attached hydrogens (tertiary/aromatic N) is 1. The maximum atomic E-state index is 13.6. The minimum atomic E-state index is -0.552. The first-order chi connectivity index (χ1) is 11.9. The Bertz CT molecular complexity index is 948. The third kappa shape index (κ3) is 3.55. The second kappa shape index (κ2) is 6.56. The van der Waals surface area contributed by atoms with E-state index < -0.39 is 11.8 Å². The number of hydrogen-bond donors (Lipinski definition) is 2. The van der Waals surface area contributed by atoms with Crippen molar-refractivity contribution in [2.75, 3.05) is 5.32 Å². The van der Waals surface area contributed by atoms with E-state index in [0.29, 0.717) is 22.4 Å². The Labute approximate surface area is 142 Å². The maximum Gasteiger partial charge on any atom is 0.277 e. The minimum absolute atomic E-state index is 0.0509. The molecule has 1 heterocycles. The molecule has 0 fully saturated rings. The van der Waals surface area contributed by atoms with Gasteiger partial charge in [0, 0.05) is 22.9 Å². The smallest absolute Gasteiger partial charge is 0.277 e. The van der Waals surface area contributed by atoms with Crippen LogP contribution in [0.25, 0.3) is 11.3 Å². The number of nitrogens with two attached hydrogens (primary N) is 1. The van der Waals surface area contributed by atoms with Crippen molar-refractivity contribution in [3.05, 3.63) is 71.2 Å². The van der Waals surface area contributed by atoms with Crippen LogP contribution in [0.3, 0.4) is 0 Å². The van der Waals surface area contributed by atoms with Gasteiger partial charge in [-0.25, -0.2) is 4.39 Å². The molecular formula is C18H14FN3O3. The summed E-state index contributed by atoms with van der Waals surface area (Å²) in [5.41, 5.74) is 7.02. The second-order valence-electron chi connectivity index (χ2n) is 5.44. The van der Waals surface area contributed by atoms with E-state index in [2.05, 4.69) is 10.5 Å². The molecule has 3 rings (SSSR count). The Morgan fingerprint density at radius 1 is 1.12 bits per heavy atom. The van der Waals surface area contributed by atoms with E-state index in [4.69, 9.17) is 10.3 Å². The number of nitrogens with one attached hydrogen (secondary N) is 1. The van der Waals surface area contributed by atoms with E-state index in [1.54, 1.807) is 31.2 Å². The number of primary amides is 1. The molecule has 7 heteroatoms. The van der Waals surface area contributed by atoms with Crippen molar-refractivity contribution in [3.8, 4) is 11.3 Å². The van der Waals surface area contributed by atoms with Crippen molar-refractivity contribution in [1.82, 2.24) is 5.16 Å². The average Bonchev–Trinajstić information content (AvgIpc) is 3.08. The third-order valence-corrected chi connectivity index (χ3v) is 3.63. The monoisotopic (exact) mass is 339 g/mol. The fourth-order valence-electron chi connectivity index (χ4n) is 2.18.